The number of anilines is 3. The third-order valence-corrected chi connectivity index (χ3v) is 12.5. The van der Waals surface area contributed by atoms with Crippen LogP contribution in [-0.2, 0) is 43.4 Å². The summed E-state index contributed by atoms with van der Waals surface area (Å²) in [6.07, 6.45) is 2.79. The Morgan fingerprint density at radius 1 is 0.884 bits per heavy atom. The van der Waals surface area contributed by atoms with Crippen LogP contribution in [0.5, 0.6) is 5.75 Å². The van der Waals surface area contributed by atoms with Crippen LogP contribution in [0.25, 0.3) is 22.2 Å². The number of fused-ring (bicyclic) bond motifs is 2. The van der Waals surface area contributed by atoms with E-state index >= 15 is 0 Å². The second kappa shape index (κ2) is 21.2. The van der Waals surface area contributed by atoms with Crippen molar-refractivity contribution in [3.05, 3.63) is 90.0 Å². The number of ether oxygens (including phenoxy) is 1. The number of unbranched alkanes of at least 4 members (excludes halogenated alkanes) is 1. The van der Waals surface area contributed by atoms with Crippen LogP contribution in [0.3, 0.4) is 0 Å². The van der Waals surface area contributed by atoms with Crippen LogP contribution in [0.15, 0.2) is 73.2 Å². The van der Waals surface area contributed by atoms with E-state index < -0.39 is 24.2 Å². The molecule has 0 saturated carbocycles. The van der Waals surface area contributed by atoms with Crippen molar-refractivity contribution in [3.8, 4) is 16.9 Å². The number of nitrogen functional groups attached to an aromatic ring is 1. The Labute approximate surface area is 394 Å². The van der Waals surface area contributed by atoms with Crippen molar-refractivity contribution in [2.75, 3.05) is 48.3 Å². The molecule has 21 heteroatoms. The number of rotatable bonds is 17. The number of imide groups is 1. The summed E-state index contributed by atoms with van der Waals surface area (Å²) in [5, 5.41) is 11.5. The molecule has 1 unspecified atom stereocenters. The molecular weight excluding hydrogens is 900 g/mol. The van der Waals surface area contributed by atoms with Crippen molar-refractivity contribution < 1.29 is 46.7 Å². The van der Waals surface area contributed by atoms with Crippen LogP contribution in [0, 0.1) is 5.92 Å². The van der Waals surface area contributed by atoms with Crippen LogP contribution in [0.1, 0.15) is 73.0 Å². The number of amides is 6. The highest BCUT2D eigenvalue weighted by molar-refractivity contribution is 6.04. The van der Waals surface area contributed by atoms with Gasteiger partial charge in [0.2, 0.25) is 29.5 Å². The SMILES string of the molecule is Nc1ncnc2c1c(-c1ccc3c(c1)CCN3C(=O)Cc1cccc(OC(F)(F)F)c1)cn2CCCNC(=O)CCCCNC(=O)C1CCN(c2cccc(C(=O)NC3CCC(=O)NC3=O)n2)CC1. The van der Waals surface area contributed by atoms with E-state index in [1.807, 2.05) is 33.9 Å². The Hall–Kier alpha value is -7.58. The van der Waals surface area contributed by atoms with Gasteiger partial charge in [-0.3, -0.25) is 34.1 Å². The highest BCUT2D eigenvalue weighted by atomic mass is 19.4. The molecule has 2 aromatic carbocycles. The van der Waals surface area contributed by atoms with Gasteiger partial charge in [0.1, 0.15) is 41.1 Å². The number of alkyl halides is 3. The maximum Gasteiger partial charge on any atom is 0.573 e. The lowest BCUT2D eigenvalue weighted by molar-refractivity contribution is -0.274. The number of carbonyl (C=O) groups is 6. The minimum Gasteiger partial charge on any atom is -0.406 e. The van der Waals surface area contributed by atoms with Gasteiger partial charge in [0, 0.05) is 75.5 Å². The quantitative estimate of drug-likeness (QED) is 0.0647. The third kappa shape index (κ3) is 11.9. The first-order valence-electron chi connectivity index (χ1n) is 23.0. The predicted octanol–water partition coefficient (Wildman–Crippen LogP) is 4.35. The van der Waals surface area contributed by atoms with Gasteiger partial charge < -0.3 is 40.8 Å². The fourth-order valence-corrected chi connectivity index (χ4v) is 8.98. The Morgan fingerprint density at radius 3 is 2.48 bits per heavy atom. The highest BCUT2D eigenvalue weighted by Crippen LogP contribution is 2.38. The molecule has 1 atom stereocenters. The van der Waals surface area contributed by atoms with Gasteiger partial charge in [0.05, 0.1) is 11.8 Å². The topological polar surface area (TPSA) is 236 Å². The average molecular weight is 952 g/mol. The molecule has 362 valence electrons. The predicted molar refractivity (Wildman–Crippen MR) is 248 cm³/mol. The Morgan fingerprint density at radius 2 is 1.68 bits per heavy atom. The monoisotopic (exact) mass is 951 g/mol. The van der Waals surface area contributed by atoms with Crippen LogP contribution in [0.4, 0.5) is 30.5 Å². The molecule has 18 nitrogen and oxygen atoms in total. The molecule has 6 heterocycles. The molecule has 6 N–H and O–H groups in total. The summed E-state index contributed by atoms with van der Waals surface area (Å²) in [6, 6.07) is 15.4. The van der Waals surface area contributed by atoms with E-state index in [1.54, 1.807) is 29.2 Å². The Kier molecular flexibility index (Phi) is 14.7. The number of nitrogens with two attached hydrogens (primary N) is 1. The summed E-state index contributed by atoms with van der Waals surface area (Å²) >= 11 is 0. The number of nitrogens with zero attached hydrogens (tertiary/aromatic N) is 6. The molecule has 0 radical (unpaired) electrons. The Balaban J connectivity index is 0.746. The molecule has 0 spiro atoms. The summed E-state index contributed by atoms with van der Waals surface area (Å²) in [5.74, 6) is -1.41. The molecule has 6 amide bonds. The lowest BCUT2D eigenvalue weighted by Gasteiger charge is -2.32. The number of aryl methyl sites for hydroxylation is 1. The smallest absolute Gasteiger partial charge is 0.406 e. The minimum absolute atomic E-state index is 0.0315. The number of halogens is 3. The zero-order valence-electron chi connectivity index (χ0n) is 37.6. The van der Waals surface area contributed by atoms with E-state index in [4.69, 9.17) is 5.73 Å². The normalized spacial score (nSPS) is 16.2. The largest absolute Gasteiger partial charge is 0.573 e. The van der Waals surface area contributed by atoms with Crippen LogP contribution < -0.4 is 41.5 Å². The summed E-state index contributed by atoms with van der Waals surface area (Å²) in [7, 11) is 0. The van der Waals surface area contributed by atoms with E-state index in [0.717, 1.165) is 22.4 Å². The fourth-order valence-electron chi connectivity index (χ4n) is 8.98. The van der Waals surface area contributed by atoms with Crippen LogP contribution in [-0.4, -0.2) is 100 Å². The van der Waals surface area contributed by atoms with E-state index in [-0.39, 0.29) is 60.3 Å². The molecular formula is C48H52F3N11O7. The fraction of sp³-hybridized carbons (Fsp3) is 0.396. The summed E-state index contributed by atoms with van der Waals surface area (Å²) in [4.78, 5) is 92.2. The first kappa shape index (κ1) is 47.9. The number of hydrogen-bond donors (Lipinski definition) is 5. The van der Waals surface area contributed by atoms with Gasteiger partial charge in [-0.2, -0.15) is 0 Å². The van der Waals surface area contributed by atoms with Crippen molar-refractivity contribution in [1.82, 2.24) is 40.8 Å². The summed E-state index contributed by atoms with van der Waals surface area (Å²) < 4.78 is 44.2. The summed E-state index contributed by atoms with van der Waals surface area (Å²) in [6.45, 7) is 2.99. The second-order valence-corrected chi connectivity index (χ2v) is 17.3. The molecule has 2 fully saturated rings. The molecule has 0 bridgehead atoms. The van der Waals surface area contributed by atoms with E-state index in [2.05, 4.69) is 41.0 Å². The molecule has 3 aliphatic rings. The number of piperidine rings is 2. The van der Waals surface area contributed by atoms with E-state index in [9.17, 15) is 41.9 Å². The van der Waals surface area contributed by atoms with Crippen molar-refractivity contribution >= 4 is 63.8 Å². The zero-order valence-corrected chi connectivity index (χ0v) is 37.6. The zero-order chi connectivity index (χ0) is 48.7. The Bertz CT molecular complexity index is 2760. The number of nitrogens with one attached hydrogen (secondary N) is 4. The lowest BCUT2D eigenvalue weighted by atomic mass is 9.96. The standard InChI is InChI=1S/C48H52F3N11O7/c49-48(50,51)69-33-7-3-6-29(24-33)25-41(65)62-23-17-32-26-31(11-13-37(32)62)34-27-61(44-42(34)43(52)55-28-56-44)20-5-19-53-39(63)10-1-2-18-54-45(66)30-15-21-60(22-16-30)38-9-4-8-35(57-38)46(67)58-36-12-14-40(64)59-47(36)68/h3-4,6-9,11,13,24,26-28,30,36H,1-2,5,10,12,14-23,25H2,(H,53,63)(H,54,66)(H,58,67)(H2,52,55,56)(H,59,64,68). The van der Waals surface area contributed by atoms with Gasteiger partial charge in [-0.05, 0) is 98.0 Å². The molecule has 2 saturated heterocycles. The molecule has 3 aromatic heterocycles. The molecule has 3 aliphatic heterocycles. The van der Waals surface area contributed by atoms with E-state index in [0.29, 0.717) is 112 Å². The molecule has 8 rings (SSSR count). The third-order valence-electron chi connectivity index (χ3n) is 12.5. The first-order chi connectivity index (χ1) is 33.2. The number of pyridine rings is 1. The number of benzene rings is 2. The average Bonchev–Trinajstić information content (AvgIpc) is 3.93. The molecule has 0 aliphatic carbocycles. The number of hydrogen-bond acceptors (Lipinski definition) is 12. The molecule has 69 heavy (non-hydrogen) atoms. The van der Waals surface area contributed by atoms with E-state index in [1.165, 1.54) is 24.5 Å². The molecule has 5 aromatic rings. The van der Waals surface area contributed by atoms with Gasteiger partial charge in [-0.25, -0.2) is 15.0 Å². The van der Waals surface area contributed by atoms with Crippen LogP contribution in [0.2, 0.25) is 0 Å². The second-order valence-electron chi connectivity index (χ2n) is 17.3. The van der Waals surface area contributed by atoms with Crippen molar-refractivity contribution in [2.45, 2.75) is 83.2 Å². The van der Waals surface area contributed by atoms with Gasteiger partial charge >= 0.3 is 6.36 Å². The van der Waals surface area contributed by atoms with Crippen molar-refractivity contribution in [2.24, 2.45) is 5.92 Å². The summed E-state index contributed by atoms with van der Waals surface area (Å²) in [5.41, 5.74) is 10.9. The first-order valence-corrected chi connectivity index (χ1v) is 23.0. The number of carbonyl (C=O) groups excluding carboxylic acids is 6. The van der Waals surface area contributed by atoms with Gasteiger partial charge in [0.25, 0.3) is 5.91 Å². The van der Waals surface area contributed by atoms with Gasteiger partial charge in [-0.15, -0.1) is 13.2 Å². The highest BCUT2D eigenvalue weighted by Gasteiger charge is 2.32. The van der Waals surface area contributed by atoms with Crippen molar-refractivity contribution in [1.29, 1.82) is 0 Å². The van der Waals surface area contributed by atoms with Crippen LogP contribution >= 0.6 is 0 Å². The maximum atomic E-state index is 13.3. The van der Waals surface area contributed by atoms with Crippen molar-refractivity contribution in [3.63, 3.8) is 0 Å². The van der Waals surface area contributed by atoms with Gasteiger partial charge in [0.15, 0.2) is 0 Å². The number of aromatic nitrogens is 4. The van der Waals surface area contributed by atoms with Gasteiger partial charge in [-0.1, -0.05) is 24.3 Å². The maximum absolute atomic E-state index is 13.3. The lowest BCUT2D eigenvalue weighted by Crippen LogP contribution is -2.52. The minimum atomic E-state index is -4.83.